The molecule has 1 aromatic rings. The van der Waals surface area contributed by atoms with E-state index < -0.39 is 11.6 Å². The van der Waals surface area contributed by atoms with Crippen LogP contribution in [0.2, 0.25) is 0 Å². The lowest BCUT2D eigenvalue weighted by Crippen LogP contribution is -2.45. The topological polar surface area (TPSA) is 75.8 Å². The van der Waals surface area contributed by atoms with E-state index in [1.165, 1.54) is 7.11 Å². The van der Waals surface area contributed by atoms with Crippen molar-refractivity contribution in [2.24, 2.45) is 0 Å². The Morgan fingerprint density at radius 3 is 2.95 bits per heavy atom. The average Bonchev–Trinajstić information content (AvgIpc) is 2.37. The number of aliphatic hydroxyl groups is 1. The first kappa shape index (κ1) is 14.8. The second kappa shape index (κ2) is 5.81. The number of rotatable bonds is 3. The Morgan fingerprint density at radius 2 is 2.30 bits per heavy atom. The van der Waals surface area contributed by atoms with Crippen LogP contribution in [0.5, 0.6) is 0 Å². The molecule has 0 aromatic heterocycles. The molecule has 0 amide bonds. The third-order valence-electron chi connectivity index (χ3n) is 3.72. The zero-order valence-electron chi connectivity index (χ0n) is 12.1. The summed E-state index contributed by atoms with van der Waals surface area (Å²) in [5.41, 5.74) is 6.93. The van der Waals surface area contributed by atoms with Gasteiger partial charge in [-0.1, -0.05) is 12.1 Å². The van der Waals surface area contributed by atoms with Crippen molar-refractivity contribution in [1.82, 2.24) is 4.90 Å². The number of nitrogens with two attached hydrogens (primary N) is 1. The molecule has 0 spiro atoms. The van der Waals surface area contributed by atoms with Crippen molar-refractivity contribution < 1.29 is 14.6 Å². The number of methoxy groups -OCH3 is 1. The normalized spacial score (nSPS) is 23.6. The molecule has 0 saturated carbocycles. The van der Waals surface area contributed by atoms with Crippen LogP contribution in [0.25, 0.3) is 0 Å². The molecule has 1 fully saturated rings. The quantitative estimate of drug-likeness (QED) is 0.645. The number of benzene rings is 1. The number of nitrogens with zero attached hydrogens (tertiary/aromatic N) is 1. The number of esters is 1. The first-order valence-corrected chi connectivity index (χ1v) is 6.83. The second-order valence-corrected chi connectivity index (χ2v) is 5.68. The fourth-order valence-corrected chi connectivity index (χ4v) is 2.80. The lowest BCUT2D eigenvalue weighted by molar-refractivity contribution is -0.0182. The number of hydrogen-bond donors (Lipinski definition) is 2. The number of likely N-dealkylation sites (tertiary alicyclic amines) is 1. The van der Waals surface area contributed by atoms with Gasteiger partial charge in [0.25, 0.3) is 0 Å². The molecule has 1 atom stereocenters. The molecule has 1 aliphatic rings. The van der Waals surface area contributed by atoms with E-state index in [-0.39, 0.29) is 0 Å². The van der Waals surface area contributed by atoms with Gasteiger partial charge in [-0.05, 0) is 37.9 Å². The van der Waals surface area contributed by atoms with Crippen molar-refractivity contribution in [3.05, 3.63) is 29.3 Å². The van der Waals surface area contributed by atoms with Crippen LogP contribution in [0, 0.1) is 0 Å². The molecule has 20 heavy (non-hydrogen) atoms. The molecule has 1 aromatic carbocycles. The van der Waals surface area contributed by atoms with Crippen molar-refractivity contribution in [3.8, 4) is 0 Å². The van der Waals surface area contributed by atoms with Crippen LogP contribution in [-0.4, -0.2) is 41.8 Å². The highest BCUT2D eigenvalue weighted by atomic mass is 16.5. The van der Waals surface area contributed by atoms with Crippen LogP contribution in [0.3, 0.4) is 0 Å². The van der Waals surface area contributed by atoms with E-state index in [2.05, 4.69) is 4.90 Å². The Morgan fingerprint density at radius 1 is 1.55 bits per heavy atom. The first-order chi connectivity index (χ1) is 9.43. The van der Waals surface area contributed by atoms with Crippen molar-refractivity contribution >= 4 is 11.7 Å². The monoisotopic (exact) mass is 278 g/mol. The largest absolute Gasteiger partial charge is 0.465 e. The van der Waals surface area contributed by atoms with E-state index in [4.69, 9.17) is 10.5 Å². The van der Waals surface area contributed by atoms with Gasteiger partial charge in [-0.25, -0.2) is 4.79 Å². The Labute approximate surface area is 119 Å². The summed E-state index contributed by atoms with van der Waals surface area (Å²) in [4.78, 5) is 14.0. The summed E-state index contributed by atoms with van der Waals surface area (Å²) in [5.74, 6) is -0.415. The maximum atomic E-state index is 11.9. The molecule has 1 aliphatic heterocycles. The van der Waals surface area contributed by atoms with Gasteiger partial charge in [0.1, 0.15) is 0 Å². The lowest BCUT2D eigenvalue weighted by atomic mass is 9.94. The van der Waals surface area contributed by atoms with Crippen molar-refractivity contribution in [2.75, 3.05) is 25.9 Å². The Bertz CT molecular complexity index is 500. The van der Waals surface area contributed by atoms with Crippen LogP contribution >= 0.6 is 0 Å². The minimum atomic E-state index is -0.663. The number of ether oxygens (including phenoxy) is 1. The molecule has 1 saturated heterocycles. The number of carbonyl (C=O) groups excluding carboxylic acids is 1. The molecule has 1 heterocycles. The van der Waals surface area contributed by atoms with E-state index >= 15 is 0 Å². The molecular weight excluding hydrogens is 256 g/mol. The average molecular weight is 278 g/mol. The molecule has 0 bridgehead atoms. The lowest BCUT2D eigenvalue weighted by Gasteiger charge is -2.37. The number of carbonyl (C=O) groups is 1. The molecule has 3 N–H and O–H groups in total. The van der Waals surface area contributed by atoms with E-state index in [0.29, 0.717) is 24.3 Å². The van der Waals surface area contributed by atoms with E-state index in [0.717, 1.165) is 24.9 Å². The summed E-state index contributed by atoms with van der Waals surface area (Å²) >= 11 is 0. The smallest absolute Gasteiger partial charge is 0.340 e. The van der Waals surface area contributed by atoms with Gasteiger partial charge in [-0.2, -0.15) is 0 Å². The van der Waals surface area contributed by atoms with Gasteiger partial charge in [0.2, 0.25) is 0 Å². The second-order valence-electron chi connectivity index (χ2n) is 5.68. The number of nitrogen functional groups attached to an aromatic ring is 1. The summed E-state index contributed by atoms with van der Waals surface area (Å²) in [7, 11) is 1.35. The van der Waals surface area contributed by atoms with Crippen LogP contribution < -0.4 is 5.73 Å². The minimum absolute atomic E-state index is 0.415. The molecule has 110 valence electrons. The molecular formula is C15H22N2O3. The molecule has 5 heteroatoms. The van der Waals surface area contributed by atoms with Crippen molar-refractivity contribution in [2.45, 2.75) is 31.9 Å². The molecule has 0 radical (unpaired) electrons. The zero-order valence-corrected chi connectivity index (χ0v) is 12.1. The van der Waals surface area contributed by atoms with Gasteiger partial charge >= 0.3 is 5.97 Å². The zero-order chi connectivity index (χ0) is 14.8. The van der Waals surface area contributed by atoms with Gasteiger partial charge in [0.15, 0.2) is 0 Å². The molecule has 0 aliphatic carbocycles. The Kier molecular flexibility index (Phi) is 4.30. The number of piperidine rings is 1. The SMILES string of the molecule is COC(=O)c1c(N)cccc1CN1CCCC(C)(O)C1. The standard InChI is InChI=1S/C15H22N2O3/c1-15(19)7-4-8-17(10-15)9-11-5-3-6-12(16)13(11)14(18)20-2/h3,5-6,19H,4,7-10,16H2,1-2H3. The summed E-state index contributed by atoms with van der Waals surface area (Å²) in [5, 5.41) is 10.1. The van der Waals surface area contributed by atoms with Gasteiger partial charge < -0.3 is 15.6 Å². The molecule has 5 nitrogen and oxygen atoms in total. The molecule has 2 rings (SSSR count). The predicted octanol–water partition coefficient (Wildman–Crippen LogP) is 1.40. The van der Waals surface area contributed by atoms with Crippen LogP contribution in [0.4, 0.5) is 5.69 Å². The van der Waals surface area contributed by atoms with Gasteiger partial charge in [-0.15, -0.1) is 0 Å². The highest BCUT2D eigenvalue weighted by Gasteiger charge is 2.29. The summed E-state index contributed by atoms with van der Waals surface area (Å²) in [6.45, 7) is 3.94. The van der Waals surface area contributed by atoms with E-state index in [9.17, 15) is 9.90 Å². The van der Waals surface area contributed by atoms with Crippen molar-refractivity contribution in [3.63, 3.8) is 0 Å². The van der Waals surface area contributed by atoms with Gasteiger partial charge in [-0.3, -0.25) is 4.90 Å². The first-order valence-electron chi connectivity index (χ1n) is 6.83. The highest BCUT2D eigenvalue weighted by molar-refractivity contribution is 5.96. The third-order valence-corrected chi connectivity index (χ3v) is 3.72. The third kappa shape index (κ3) is 3.29. The fourth-order valence-electron chi connectivity index (χ4n) is 2.80. The fraction of sp³-hybridized carbons (Fsp3) is 0.533. The Hall–Kier alpha value is -1.59. The van der Waals surface area contributed by atoms with Crippen LogP contribution in [0.1, 0.15) is 35.7 Å². The van der Waals surface area contributed by atoms with Gasteiger partial charge in [0, 0.05) is 18.8 Å². The van der Waals surface area contributed by atoms with Crippen LogP contribution in [-0.2, 0) is 11.3 Å². The Balaban J connectivity index is 2.21. The van der Waals surface area contributed by atoms with Crippen LogP contribution in [0.15, 0.2) is 18.2 Å². The van der Waals surface area contributed by atoms with E-state index in [1.807, 2.05) is 19.1 Å². The summed E-state index contributed by atoms with van der Waals surface area (Å²) < 4.78 is 4.80. The summed E-state index contributed by atoms with van der Waals surface area (Å²) in [6, 6.07) is 5.41. The highest BCUT2D eigenvalue weighted by Crippen LogP contribution is 2.25. The maximum Gasteiger partial charge on any atom is 0.340 e. The predicted molar refractivity (Wildman–Crippen MR) is 77.3 cm³/mol. The molecule has 1 unspecified atom stereocenters. The number of β-amino-alcohol motifs (C(OH)–C–C–N with tert-alkyl or cyclic N) is 1. The minimum Gasteiger partial charge on any atom is -0.465 e. The van der Waals surface area contributed by atoms with Gasteiger partial charge in [0.05, 0.1) is 18.3 Å². The summed E-state index contributed by atoms with van der Waals surface area (Å²) in [6.07, 6.45) is 1.76. The van der Waals surface area contributed by atoms with Crippen molar-refractivity contribution in [1.29, 1.82) is 0 Å². The van der Waals surface area contributed by atoms with E-state index in [1.54, 1.807) is 6.07 Å². The number of anilines is 1. The number of hydrogen-bond acceptors (Lipinski definition) is 5. The maximum absolute atomic E-state index is 11.9.